The maximum absolute atomic E-state index is 11.7. The van der Waals surface area contributed by atoms with Crippen LogP contribution in [0.2, 0.25) is 0 Å². The molecule has 16 heavy (non-hydrogen) atoms. The van der Waals surface area contributed by atoms with Crippen LogP contribution < -0.4 is 5.32 Å². The van der Waals surface area contributed by atoms with Gasteiger partial charge in [-0.25, -0.2) is 4.79 Å². The van der Waals surface area contributed by atoms with Crippen LogP contribution in [-0.4, -0.2) is 23.1 Å². The number of ether oxygens (including phenoxy) is 1. The van der Waals surface area contributed by atoms with Crippen LogP contribution in [0.1, 0.15) is 38.1 Å². The smallest absolute Gasteiger partial charge is 0.340 e. The van der Waals surface area contributed by atoms with E-state index in [1.54, 1.807) is 12.3 Å². The second kappa shape index (κ2) is 4.96. The van der Waals surface area contributed by atoms with Crippen molar-refractivity contribution in [3.05, 3.63) is 24.0 Å². The minimum absolute atomic E-state index is 0.347. The van der Waals surface area contributed by atoms with Gasteiger partial charge in [0, 0.05) is 18.9 Å². The van der Waals surface area contributed by atoms with E-state index in [9.17, 15) is 4.79 Å². The maximum atomic E-state index is 11.7. The van der Waals surface area contributed by atoms with Crippen LogP contribution in [0.4, 0.5) is 5.69 Å². The van der Waals surface area contributed by atoms with Gasteiger partial charge in [-0.1, -0.05) is 0 Å². The van der Waals surface area contributed by atoms with Gasteiger partial charge < -0.3 is 10.1 Å². The fourth-order valence-electron chi connectivity index (χ4n) is 1.19. The topological polar surface area (TPSA) is 51.2 Å². The van der Waals surface area contributed by atoms with E-state index in [0.717, 1.165) is 12.2 Å². The van der Waals surface area contributed by atoms with E-state index in [2.05, 4.69) is 10.3 Å². The van der Waals surface area contributed by atoms with Crippen molar-refractivity contribution in [2.24, 2.45) is 0 Å². The summed E-state index contributed by atoms with van der Waals surface area (Å²) in [7, 11) is 0. The van der Waals surface area contributed by atoms with Crippen molar-refractivity contribution in [1.82, 2.24) is 4.98 Å². The van der Waals surface area contributed by atoms with Gasteiger partial charge in [0.1, 0.15) is 5.60 Å². The number of hydrogen-bond acceptors (Lipinski definition) is 4. The van der Waals surface area contributed by atoms with Crippen molar-refractivity contribution in [3.8, 4) is 0 Å². The Kier molecular flexibility index (Phi) is 3.88. The van der Waals surface area contributed by atoms with Crippen LogP contribution >= 0.6 is 0 Å². The number of hydrogen-bond donors (Lipinski definition) is 1. The van der Waals surface area contributed by atoms with Gasteiger partial charge in [0.25, 0.3) is 0 Å². The van der Waals surface area contributed by atoms with Crippen LogP contribution in [0.25, 0.3) is 0 Å². The highest BCUT2D eigenvalue weighted by molar-refractivity contribution is 5.90. The average Bonchev–Trinajstić information content (AvgIpc) is 2.16. The van der Waals surface area contributed by atoms with E-state index >= 15 is 0 Å². The van der Waals surface area contributed by atoms with Crippen molar-refractivity contribution in [3.63, 3.8) is 0 Å². The lowest BCUT2D eigenvalue weighted by Crippen LogP contribution is -2.24. The Balaban J connectivity index is 2.79. The third kappa shape index (κ3) is 3.88. The van der Waals surface area contributed by atoms with Crippen molar-refractivity contribution in [1.29, 1.82) is 0 Å². The molecule has 0 aliphatic carbocycles. The third-order valence-corrected chi connectivity index (χ3v) is 1.75. The molecule has 1 aromatic heterocycles. The summed E-state index contributed by atoms with van der Waals surface area (Å²) >= 11 is 0. The first-order chi connectivity index (χ1) is 7.42. The number of anilines is 1. The monoisotopic (exact) mass is 222 g/mol. The molecule has 0 aliphatic rings. The second-order valence-electron chi connectivity index (χ2n) is 4.49. The third-order valence-electron chi connectivity index (χ3n) is 1.75. The molecule has 1 heterocycles. The van der Waals surface area contributed by atoms with E-state index in [-0.39, 0.29) is 5.97 Å². The van der Waals surface area contributed by atoms with Crippen LogP contribution in [0.3, 0.4) is 0 Å². The van der Waals surface area contributed by atoms with Crippen LogP contribution in [-0.2, 0) is 4.74 Å². The molecule has 88 valence electrons. The van der Waals surface area contributed by atoms with Gasteiger partial charge in [0.05, 0.1) is 11.3 Å². The van der Waals surface area contributed by atoms with E-state index in [4.69, 9.17) is 4.74 Å². The highest BCUT2D eigenvalue weighted by atomic mass is 16.6. The number of nitrogens with zero attached hydrogens (tertiary/aromatic N) is 1. The van der Waals surface area contributed by atoms with Crippen LogP contribution in [0.5, 0.6) is 0 Å². The van der Waals surface area contributed by atoms with Gasteiger partial charge in [-0.05, 0) is 33.8 Å². The molecule has 0 fully saturated rings. The summed E-state index contributed by atoms with van der Waals surface area (Å²) in [6.45, 7) is 8.30. The molecule has 0 bridgehead atoms. The number of pyridine rings is 1. The largest absolute Gasteiger partial charge is 0.456 e. The number of rotatable bonds is 3. The van der Waals surface area contributed by atoms with Gasteiger partial charge in [-0.2, -0.15) is 0 Å². The van der Waals surface area contributed by atoms with Crippen LogP contribution in [0, 0.1) is 0 Å². The molecule has 4 heteroatoms. The standard InChI is InChI=1S/C12H18N2O2/c1-5-14-10-6-9(7-13-8-10)11(15)16-12(2,3)4/h6-8,14H,5H2,1-4H3. The van der Waals surface area contributed by atoms with Crippen LogP contribution in [0.15, 0.2) is 18.5 Å². The minimum atomic E-state index is -0.481. The lowest BCUT2D eigenvalue weighted by atomic mass is 10.2. The fourth-order valence-corrected chi connectivity index (χ4v) is 1.19. The molecule has 4 nitrogen and oxygen atoms in total. The average molecular weight is 222 g/mol. The quantitative estimate of drug-likeness (QED) is 0.798. The summed E-state index contributed by atoms with van der Waals surface area (Å²) < 4.78 is 5.25. The minimum Gasteiger partial charge on any atom is -0.456 e. The van der Waals surface area contributed by atoms with Gasteiger partial charge >= 0.3 is 5.97 Å². The Morgan fingerprint density at radius 3 is 2.69 bits per heavy atom. The lowest BCUT2D eigenvalue weighted by molar-refractivity contribution is 0.00691. The highest BCUT2D eigenvalue weighted by Crippen LogP contribution is 2.14. The zero-order chi connectivity index (χ0) is 12.2. The SMILES string of the molecule is CCNc1cncc(C(=O)OC(C)(C)C)c1. The summed E-state index contributed by atoms with van der Waals surface area (Å²) in [6, 6.07) is 1.74. The number of nitrogens with one attached hydrogen (secondary N) is 1. The Labute approximate surface area is 96.0 Å². The summed E-state index contributed by atoms with van der Waals surface area (Å²) in [5, 5.41) is 3.10. The Morgan fingerprint density at radius 1 is 1.44 bits per heavy atom. The van der Waals surface area contributed by atoms with E-state index in [0.29, 0.717) is 5.56 Å². The molecule has 1 N–H and O–H groups in total. The second-order valence-corrected chi connectivity index (χ2v) is 4.49. The number of carbonyl (C=O) groups is 1. The van der Waals surface area contributed by atoms with E-state index in [1.807, 2.05) is 27.7 Å². The summed E-state index contributed by atoms with van der Waals surface area (Å²) in [6.07, 6.45) is 3.19. The molecule has 1 aromatic rings. The number of carbonyl (C=O) groups excluding carboxylic acids is 1. The number of aromatic nitrogens is 1. The molecule has 0 radical (unpaired) electrons. The van der Waals surface area contributed by atoms with Gasteiger partial charge in [0.2, 0.25) is 0 Å². The van der Waals surface area contributed by atoms with Gasteiger partial charge in [-0.15, -0.1) is 0 Å². The first-order valence-electron chi connectivity index (χ1n) is 5.34. The highest BCUT2D eigenvalue weighted by Gasteiger charge is 2.18. The molecule has 0 aliphatic heterocycles. The summed E-state index contributed by atoms with van der Waals surface area (Å²) in [5.74, 6) is -0.347. The van der Waals surface area contributed by atoms with E-state index < -0.39 is 5.60 Å². The van der Waals surface area contributed by atoms with E-state index in [1.165, 1.54) is 6.20 Å². The molecule has 1 rings (SSSR count). The normalized spacial score (nSPS) is 11.0. The van der Waals surface area contributed by atoms with Gasteiger partial charge in [0.15, 0.2) is 0 Å². The Hall–Kier alpha value is -1.58. The predicted molar refractivity (Wildman–Crippen MR) is 63.6 cm³/mol. The predicted octanol–water partition coefficient (Wildman–Crippen LogP) is 2.47. The molecule has 0 unspecified atom stereocenters. The van der Waals surface area contributed by atoms with Crippen molar-refractivity contribution >= 4 is 11.7 Å². The Bertz CT molecular complexity index is 370. The zero-order valence-corrected chi connectivity index (χ0v) is 10.2. The first-order valence-corrected chi connectivity index (χ1v) is 5.34. The molecule has 0 atom stereocenters. The van der Waals surface area contributed by atoms with Crippen molar-refractivity contribution < 1.29 is 9.53 Å². The summed E-state index contributed by atoms with van der Waals surface area (Å²) in [5.41, 5.74) is 0.810. The fraction of sp³-hybridized carbons (Fsp3) is 0.500. The van der Waals surface area contributed by atoms with Crippen molar-refractivity contribution in [2.45, 2.75) is 33.3 Å². The molecule has 0 spiro atoms. The van der Waals surface area contributed by atoms with Crippen molar-refractivity contribution in [2.75, 3.05) is 11.9 Å². The zero-order valence-electron chi connectivity index (χ0n) is 10.2. The molecule has 0 aromatic carbocycles. The molecule has 0 saturated heterocycles. The lowest BCUT2D eigenvalue weighted by Gasteiger charge is -2.19. The Morgan fingerprint density at radius 2 is 2.12 bits per heavy atom. The molecule has 0 amide bonds. The molecular formula is C12H18N2O2. The van der Waals surface area contributed by atoms with Gasteiger partial charge in [-0.3, -0.25) is 4.98 Å². The maximum Gasteiger partial charge on any atom is 0.340 e. The molecular weight excluding hydrogens is 204 g/mol. The number of esters is 1. The summed E-state index contributed by atoms with van der Waals surface area (Å²) in [4.78, 5) is 15.7. The molecule has 0 saturated carbocycles. The first kappa shape index (κ1) is 12.5.